The van der Waals surface area contributed by atoms with Crippen LogP contribution in [0.5, 0.6) is 0 Å². The van der Waals surface area contributed by atoms with Gasteiger partial charge in [-0.05, 0) is 19.9 Å². The van der Waals surface area contributed by atoms with Crippen LogP contribution in [0.2, 0.25) is 0 Å². The second-order valence-corrected chi connectivity index (χ2v) is 4.64. The molecule has 0 N–H and O–H groups in total. The highest BCUT2D eigenvalue weighted by molar-refractivity contribution is 5.88. The zero-order chi connectivity index (χ0) is 16.5. The number of methoxy groups -OCH3 is 1. The molecule has 5 nitrogen and oxygen atoms in total. The van der Waals surface area contributed by atoms with Gasteiger partial charge in [-0.15, -0.1) is 0 Å². The third-order valence-corrected chi connectivity index (χ3v) is 3.18. The number of imidazole rings is 1. The van der Waals surface area contributed by atoms with E-state index in [0.717, 1.165) is 12.3 Å². The van der Waals surface area contributed by atoms with Crippen molar-refractivity contribution < 1.29 is 27.4 Å². The van der Waals surface area contributed by atoms with Crippen LogP contribution < -0.4 is 0 Å². The van der Waals surface area contributed by atoms with Crippen molar-refractivity contribution in [2.45, 2.75) is 26.1 Å². The van der Waals surface area contributed by atoms with Gasteiger partial charge < -0.3 is 13.9 Å². The molecule has 2 aromatic heterocycles. The summed E-state index contributed by atoms with van der Waals surface area (Å²) in [7, 11) is 1.39. The van der Waals surface area contributed by atoms with Crippen LogP contribution in [-0.2, 0) is 15.7 Å². The van der Waals surface area contributed by atoms with E-state index in [-0.39, 0.29) is 23.5 Å². The van der Waals surface area contributed by atoms with Crippen LogP contribution in [0.25, 0.3) is 5.65 Å². The minimum absolute atomic E-state index is 0.0503. The second-order valence-electron chi connectivity index (χ2n) is 4.64. The lowest BCUT2D eigenvalue weighted by Crippen LogP contribution is -2.09. The summed E-state index contributed by atoms with van der Waals surface area (Å²) >= 11 is 0. The molecule has 0 fully saturated rings. The van der Waals surface area contributed by atoms with Crippen LogP contribution in [0.3, 0.4) is 0 Å². The number of rotatable bonds is 4. The van der Waals surface area contributed by atoms with E-state index in [4.69, 9.17) is 9.47 Å². The predicted octanol–water partition coefficient (Wildman–Crippen LogP) is 3.24. The van der Waals surface area contributed by atoms with Gasteiger partial charge in [0.2, 0.25) is 0 Å². The molecule has 0 saturated heterocycles. The molecule has 1 unspecified atom stereocenters. The van der Waals surface area contributed by atoms with Gasteiger partial charge in [0.25, 0.3) is 0 Å². The Hall–Kier alpha value is -2.09. The van der Waals surface area contributed by atoms with Crippen LogP contribution in [0, 0.1) is 0 Å². The molecule has 1 atom stereocenters. The minimum Gasteiger partial charge on any atom is -0.461 e. The topological polar surface area (TPSA) is 52.8 Å². The Balaban J connectivity index is 2.64. The number of carbonyl (C=O) groups excluding carboxylic acids is 1. The zero-order valence-corrected chi connectivity index (χ0v) is 12.3. The van der Waals surface area contributed by atoms with Crippen molar-refractivity contribution in [2.24, 2.45) is 0 Å². The lowest BCUT2D eigenvalue weighted by atomic mass is 10.1. The summed E-state index contributed by atoms with van der Waals surface area (Å²) in [4.78, 5) is 15.8. The minimum atomic E-state index is -4.51. The predicted molar refractivity (Wildman–Crippen MR) is 71.6 cm³/mol. The first kappa shape index (κ1) is 16.3. The summed E-state index contributed by atoms with van der Waals surface area (Å²) in [5.41, 5.74) is -0.421. The van der Waals surface area contributed by atoms with Crippen molar-refractivity contribution in [1.82, 2.24) is 9.38 Å². The highest BCUT2D eigenvalue weighted by atomic mass is 19.4. The Morgan fingerprint density at radius 1 is 1.41 bits per heavy atom. The molecule has 0 radical (unpaired) electrons. The quantitative estimate of drug-likeness (QED) is 0.813. The van der Waals surface area contributed by atoms with Crippen LogP contribution >= 0.6 is 0 Å². The summed E-state index contributed by atoms with van der Waals surface area (Å²) < 4.78 is 50.0. The lowest BCUT2D eigenvalue weighted by Gasteiger charge is -2.14. The number of hydrogen-bond acceptors (Lipinski definition) is 4. The number of halogens is 3. The Morgan fingerprint density at radius 2 is 2.09 bits per heavy atom. The number of aromatic nitrogens is 2. The largest absolute Gasteiger partial charge is 0.461 e. The van der Waals surface area contributed by atoms with Gasteiger partial charge in [0, 0.05) is 25.1 Å². The van der Waals surface area contributed by atoms with Crippen LogP contribution in [0.1, 0.15) is 41.6 Å². The van der Waals surface area contributed by atoms with Crippen LogP contribution in [0.15, 0.2) is 18.5 Å². The monoisotopic (exact) mass is 316 g/mol. The van der Waals surface area contributed by atoms with Gasteiger partial charge in [-0.25, -0.2) is 9.78 Å². The van der Waals surface area contributed by atoms with Gasteiger partial charge >= 0.3 is 12.1 Å². The van der Waals surface area contributed by atoms with E-state index < -0.39 is 23.8 Å². The molecule has 0 saturated carbocycles. The first-order valence-electron chi connectivity index (χ1n) is 6.57. The van der Waals surface area contributed by atoms with E-state index >= 15 is 0 Å². The number of pyridine rings is 1. The highest BCUT2D eigenvalue weighted by Crippen LogP contribution is 2.33. The van der Waals surface area contributed by atoms with E-state index in [1.54, 1.807) is 13.8 Å². The number of ether oxygens (including phenoxy) is 2. The maximum Gasteiger partial charge on any atom is 0.417 e. The molecule has 0 aliphatic rings. The molecule has 0 aliphatic carbocycles. The SMILES string of the molecule is CCOC(=O)c1cn2cc(C(F)(F)F)cc(C(C)OC)c2n1. The fourth-order valence-electron chi connectivity index (χ4n) is 2.01. The summed E-state index contributed by atoms with van der Waals surface area (Å²) in [5, 5.41) is 0. The van der Waals surface area contributed by atoms with E-state index in [2.05, 4.69) is 4.98 Å². The fourth-order valence-corrected chi connectivity index (χ4v) is 2.01. The number of fused-ring (bicyclic) bond motifs is 1. The third-order valence-electron chi connectivity index (χ3n) is 3.18. The fraction of sp³-hybridized carbons (Fsp3) is 0.429. The molecule has 2 rings (SSSR count). The van der Waals surface area contributed by atoms with Crippen molar-refractivity contribution >= 4 is 11.6 Å². The molecule has 2 aromatic rings. The summed E-state index contributed by atoms with van der Waals surface area (Å²) in [6.45, 7) is 3.39. The Morgan fingerprint density at radius 3 is 2.64 bits per heavy atom. The lowest BCUT2D eigenvalue weighted by molar-refractivity contribution is -0.138. The second kappa shape index (κ2) is 5.96. The smallest absolute Gasteiger partial charge is 0.417 e. The summed E-state index contributed by atoms with van der Waals surface area (Å²) in [6, 6.07) is 0.978. The number of alkyl halides is 3. The van der Waals surface area contributed by atoms with Gasteiger partial charge in [-0.3, -0.25) is 0 Å². The van der Waals surface area contributed by atoms with E-state index in [1.807, 2.05) is 0 Å². The normalized spacial score (nSPS) is 13.4. The maximum absolute atomic E-state index is 13.0. The molecule has 0 spiro atoms. The van der Waals surface area contributed by atoms with Gasteiger partial charge in [-0.2, -0.15) is 13.2 Å². The first-order valence-corrected chi connectivity index (χ1v) is 6.57. The Bertz CT molecular complexity index is 694. The molecule has 0 bridgehead atoms. The van der Waals surface area contributed by atoms with Crippen LogP contribution in [-0.4, -0.2) is 29.1 Å². The van der Waals surface area contributed by atoms with E-state index in [0.29, 0.717) is 0 Å². The van der Waals surface area contributed by atoms with Crippen molar-refractivity contribution in [3.63, 3.8) is 0 Å². The molecule has 0 aliphatic heterocycles. The summed E-state index contributed by atoms with van der Waals surface area (Å²) in [6.07, 6.45) is -3.02. The number of carbonyl (C=O) groups is 1. The number of esters is 1. The van der Waals surface area contributed by atoms with Crippen LogP contribution in [0.4, 0.5) is 13.2 Å². The average Bonchev–Trinajstić information content (AvgIpc) is 2.88. The molecule has 2 heterocycles. The van der Waals surface area contributed by atoms with E-state index in [1.165, 1.54) is 17.7 Å². The molecule has 8 heteroatoms. The summed E-state index contributed by atoms with van der Waals surface area (Å²) in [5.74, 6) is -0.684. The average molecular weight is 316 g/mol. The molecule has 0 aromatic carbocycles. The molecule has 0 amide bonds. The number of nitrogens with zero attached hydrogens (tertiary/aromatic N) is 2. The van der Waals surface area contributed by atoms with Crippen molar-refractivity contribution in [3.05, 3.63) is 35.3 Å². The molecular formula is C14H15F3N2O3. The zero-order valence-electron chi connectivity index (χ0n) is 12.3. The Kier molecular flexibility index (Phi) is 4.41. The van der Waals surface area contributed by atoms with Gasteiger partial charge in [0.15, 0.2) is 5.69 Å². The highest BCUT2D eigenvalue weighted by Gasteiger charge is 2.33. The van der Waals surface area contributed by atoms with Crippen molar-refractivity contribution in [3.8, 4) is 0 Å². The molecular weight excluding hydrogens is 301 g/mol. The van der Waals surface area contributed by atoms with Crippen molar-refractivity contribution in [2.75, 3.05) is 13.7 Å². The van der Waals surface area contributed by atoms with Gasteiger partial charge in [0.1, 0.15) is 5.65 Å². The van der Waals surface area contributed by atoms with Crippen molar-refractivity contribution in [1.29, 1.82) is 0 Å². The van der Waals surface area contributed by atoms with Gasteiger partial charge in [-0.1, -0.05) is 0 Å². The molecule has 22 heavy (non-hydrogen) atoms. The van der Waals surface area contributed by atoms with Gasteiger partial charge in [0.05, 0.1) is 18.3 Å². The maximum atomic E-state index is 13.0. The number of hydrogen-bond donors (Lipinski definition) is 0. The third kappa shape index (κ3) is 3.06. The Labute approximate surface area is 124 Å². The standard InChI is InChI=1S/C14H15F3N2O3/c1-4-22-13(20)11-7-19-6-9(14(15,16)17)5-10(8(2)21-3)12(19)18-11/h5-8H,4H2,1-3H3. The molecule has 120 valence electrons. The van der Waals surface area contributed by atoms with E-state index in [9.17, 15) is 18.0 Å². The first-order chi connectivity index (χ1) is 10.3.